The number of aliphatic imine (C=N–C) groups is 1. The highest BCUT2D eigenvalue weighted by atomic mass is 35.5. The number of aryl methyl sites for hydroxylation is 2. The van der Waals surface area contributed by atoms with Gasteiger partial charge in [-0.1, -0.05) is 23.7 Å². The Balaban J connectivity index is 1.65. The zero-order valence-corrected chi connectivity index (χ0v) is 14.9. The van der Waals surface area contributed by atoms with E-state index in [2.05, 4.69) is 15.3 Å². The summed E-state index contributed by atoms with van der Waals surface area (Å²) in [5.74, 6) is 0.656. The molecule has 1 aliphatic heterocycles. The highest BCUT2D eigenvalue weighted by Crippen LogP contribution is 2.39. The topological polar surface area (TPSA) is 37.3 Å². The summed E-state index contributed by atoms with van der Waals surface area (Å²) in [6.07, 6.45) is 0. The molecule has 0 fully saturated rings. The van der Waals surface area contributed by atoms with Crippen molar-refractivity contribution in [3.05, 3.63) is 62.4 Å². The van der Waals surface area contributed by atoms with Gasteiger partial charge in [0.25, 0.3) is 0 Å². The molecular formula is C18H15ClFN3S. The highest BCUT2D eigenvalue weighted by molar-refractivity contribution is 7.20. The molecule has 4 rings (SSSR count). The van der Waals surface area contributed by atoms with Gasteiger partial charge in [-0.15, -0.1) is 11.3 Å². The van der Waals surface area contributed by atoms with Crippen LogP contribution in [0.15, 0.2) is 29.3 Å². The van der Waals surface area contributed by atoms with Gasteiger partial charge in [0.15, 0.2) is 0 Å². The molecule has 3 nitrogen and oxygen atoms in total. The van der Waals surface area contributed by atoms with Gasteiger partial charge in [-0.05, 0) is 37.1 Å². The number of hydrogen-bond donors (Lipinski definition) is 1. The Labute approximate surface area is 148 Å². The lowest BCUT2D eigenvalue weighted by atomic mass is 10.1. The summed E-state index contributed by atoms with van der Waals surface area (Å²) >= 11 is 8.01. The number of nitrogens with one attached hydrogen (secondary N) is 1. The second kappa shape index (κ2) is 5.83. The van der Waals surface area contributed by atoms with Crippen LogP contribution >= 0.6 is 22.9 Å². The summed E-state index contributed by atoms with van der Waals surface area (Å²) < 4.78 is 13.0. The second-order valence-electron chi connectivity index (χ2n) is 5.87. The van der Waals surface area contributed by atoms with Gasteiger partial charge in [-0.3, -0.25) is 4.99 Å². The third-order valence-electron chi connectivity index (χ3n) is 4.26. The van der Waals surface area contributed by atoms with Crippen LogP contribution in [-0.2, 0) is 13.1 Å². The molecule has 0 aliphatic carbocycles. The summed E-state index contributed by atoms with van der Waals surface area (Å²) in [6.45, 7) is 5.22. The van der Waals surface area contributed by atoms with Crippen molar-refractivity contribution in [3.8, 4) is 0 Å². The molecule has 0 amide bonds. The average Bonchev–Trinajstić information content (AvgIpc) is 3.11. The van der Waals surface area contributed by atoms with Crippen LogP contribution < -0.4 is 5.32 Å². The average molecular weight is 360 g/mol. The Morgan fingerprint density at radius 2 is 2.00 bits per heavy atom. The first-order valence-electron chi connectivity index (χ1n) is 7.66. The highest BCUT2D eigenvalue weighted by Gasteiger charge is 2.24. The molecule has 3 aromatic rings. The zero-order valence-electron chi connectivity index (χ0n) is 13.3. The van der Waals surface area contributed by atoms with E-state index in [9.17, 15) is 4.39 Å². The number of amidine groups is 1. The number of pyridine rings is 1. The van der Waals surface area contributed by atoms with E-state index in [4.69, 9.17) is 11.6 Å². The molecule has 0 bridgehead atoms. The van der Waals surface area contributed by atoms with Crippen molar-refractivity contribution in [1.29, 1.82) is 0 Å². The Morgan fingerprint density at radius 1 is 1.25 bits per heavy atom. The van der Waals surface area contributed by atoms with E-state index in [1.54, 1.807) is 23.5 Å². The van der Waals surface area contributed by atoms with Crippen LogP contribution in [0, 0.1) is 19.7 Å². The lowest BCUT2D eigenvalue weighted by molar-refractivity contribution is 0.626. The number of thiophene rings is 1. The van der Waals surface area contributed by atoms with Crippen LogP contribution in [0.3, 0.4) is 0 Å². The minimum atomic E-state index is -0.224. The molecular weight excluding hydrogens is 345 g/mol. The van der Waals surface area contributed by atoms with Gasteiger partial charge >= 0.3 is 0 Å². The predicted octanol–water partition coefficient (Wildman–Crippen LogP) is 4.76. The molecule has 0 radical (unpaired) electrons. The Morgan fingerprint density at radius 3 is 2.75 bits per heavy atom. The molecule has 0 unspecified atom stereocenters. The van der Waals surface area contributed by atoms with E-state index < -0.39 is 0 Å². The number of nitrogens with zero attached hydrogens (tertiary/aromatic N) is 2. The molecule has 1 N–H and O–H groups in total. The summed E-state index contributed by atoms with van der Waals surface area (Å²) in [5, 5.41) is 5.22. The van der Waals surface area contributed by atoms with E-state index in [0.29, 0.717) is 13.1 Å². The number of rotatable bonds is 2. The normalized spacial score (nSPS) is 13.2. The fourth-order valence-corrected chi connectivity index (χ4v) is 4.41. The van der Waals surface area contributed by atoms with Gasteiger partial charge in [0.2, 0.25) is 0 Å². The number of fused-ring (bicyclic) bond motifs is 3. The van der Waals surface area contributed by atoms with Crippen molar-refractivity contribution in [1.82, 2.24) is 10.3 Å². The SMILES string of the molecule is Cc1nc2sc3c(c2c(C)c1Cl)CN=C3NCc1ccc(F)cc1. The van der Waals surface area contributed by atoms with Gasteiger partial charge in [-0.25, -0.2) is 9.37 Å². The monoisotopic (exact) mass is 359 g/mol. The Bertz CT molecular complexity index is 976. The van der Waals surface area contributed by atoms with Gasteiger partial charge in [0.1, 0.15) is 16.5 Å². The minimum Gasteiger partial charge on any atom is -0.365 e. The summed E-state index contributed by atoms with van der Waals surface area (Å²) in [6, 6.07) is 6.49. The van der Waals surface area contributed by atoms with Gasteiger partial charge in [0.05, 0.1) is 22.1 Å². The van der Waals surface area contributed by atoms with Gasteiger partial charge in [-0.2, -0.15) is 0 Å². The summed E-state index contributed by atoms with van der Waals surface area (Å²) in [7, 11) is 0. The maximum atomic E-state index is 13.0. The number of aromatic nitrogens is 1. The molecule has 122 valence electrons. The molecule has 0 atom stereocenters. The number of hydrogen-bond acceptors (Lipinski definition) is 4. The van der Waals surface area contributed by atoms with Gasteiger partial charge < -0.3 is 5.32 Å². The minimum absolute atomic E-state index is 0.224. The van der Waals surface area contributed by atoms with Crippen molar-refractivity contribution in [2.24, 2.45) is 4.99 Å². The standard InChI is InChI=1S/C18H15ClFN3S/c1-9-14-13-8-22-17(21-7-11-3-5-12(20)6-4-11)16(13)24-18(14)23-10(2)15(9)19/h3-6H,7-8H2,1-2H3,(H,21,22). The zero-order chi connectivity index (χ0) is 16.8. The fraction of sp³-hybridized carbons (Fsp3) is 0.222. The molecule has 1 aromatic carbocycles. The second-order valence-corrected chi connectivity index (χ2v) is 7.25. The van der Waals surface area contributed by atoms with E-state index in [0.717, 1.165) is 42.8 Å². The molecule has 0 saturated heterocycles. The summed E-state index contributed by atoms with van der Waals surface area (Å²) in [5.41, 5.74) is 4.15. The van der Waals surface area contributed by atoms with Crippen LogP contribution in [0.4, 0.5) is 4.39 Å². The molecule has 24 heavy (non-hydrogen) atoms. The van der Waals surface area contributed by atoms with Gasteiger partial charge in [0, 0.05) is 17.5 Å². The van der Waals surface area contributed by atoms with Crippen LogP contribution in [-0.4, -0.2) is 10.8 Å². The van der Waals surface area contributed by atoms with Crippen LogP contribution in [0.25, 0.3) is 10.2 Å². The van der Waals surface area contributed by atoms with E-state index in [1.807, 2.05) is 13.8 Å². The molecule has 1 aliphatic rings. The maximum Gasteiger partial charge on any atom is 0.139 e. The smallest absolute Gasteiger partial charge is 0.139 e. The van der Waals surface area contributed by atoms with E-state index >= 15 is 0 Å². The largest absolute Gasteiger partial charge is 0.365 e. The van der Waals surface area contributed by atoms with Crippen molar-refractivity contribution < 1.29 is 4.39 Å². The summed E-state index contributed by atoms with van der Waals surface area (Å²) in [4.78, 5) is 11.4. The van der Waals surface area contributed by atoms with E-state index in [-0.39, 0.29) is 5.82 Å². The predicted molar refractivity (Wildman–Crippen MR) is 97.6 cm³/mol. The molecule has 2 aromatic heterocycles. The van der Waals surface area contributed by atoms with Crippen LogP contribution in [0.5, 0.6) is 0 Å². The first kappa shape index (κ1) is 15.5. The van der Waals surface area contributed by atoms with E-state index in [1.165, 1.54) is 17.7 Å². The molecule has 0 spiro atoms. The van der Waals surface area contributed by atoms with Crippen molar-refractivity contribution in [2.45, 2.75) is 26.9 Å². The lowest BCUT2D eigenvalue weighted by Crippen LogP contribution is -2.21. The first-order valence-corrected chi connectivity index (χ1v) is 8.85. The van der Waals surface area contributed by atoms with Crippen molar-refractivity contribution in [2.75, 3.05) is 0 Å². The van der Waals surface area contributed by atoms with Crippen molar-refractivity contribution >= 4 is 39.0 Å². The van der Waals surface area contributed by atoms with Crippen LogP contribution in [0.2, 0.25) is 5.02 Å². The lowest BCUT2D eigenvalue weighted by Gasteiger charge is -2.05. The Kier molecular flexibility index (Phi) is 3.77. The third kappa shape index (κ3) is 2.48. The third-order valence-corrected chi connectivity index (χ3v) is 5.95. The molecule has 0 saturated carbocycles. The number of benzene rings is 1. The quantitative estimate of drug-likeness (QED) is 0.716. The first-order chi connectivity index (χ1) is 11.5. The number of halogens is 2. The van der Waals surface area contributed by atoms with Crippen molar-refractivity contribution in [3.63, 3.8) is 0 Å². The fourth-order valence-electron chi connectivity index (χ4n) is 3.00. The molecule has 6 heteroatoms. The maximum absolute atomic E-state index is 13.0. The molecule has 3 heterocycles. The van der Waals surface area contributed by atoms with Crippen LogP contribution in [0.1, 0.15) is 27.3 Å². The Hall–Kier alpha value is -1.98.